The molecule has 0 aliphatic heterocycles. The maximum absolute atomic E-state index is 12.2. The molecule has 2 heterocycles. The fourth-order valence-corrected chi connectivity index (χ4v) is 2.87. The third kappa shape index (κ3) is 2.20. The number of amides is 1. The Balaban J connectivity index is 1.93. The van der Waals surface area contributed by atoms with Crippen LogP contribution in [0.4, 0.5) is 5.13 Å². The summed E-state index contributed by atoms with van der Waals surface area (Å²) in [5.41, 5.74) is 4.93. The monoisotopic (exact) mass is 285 g/mol. The standard InChI is InChI=1S/C15H15N3OS/c1-8-7-20-15(16-8)18-14(19)11-4-5-13-12(6-11)9(2)10(3)17-13/h4-7,17H,1-3H3,(H,16,18,19). The molecule has 1 amide bonds. The number of hydrogen-bond acceptors (Lipinski definition) is 3. The summed E-state index contributed by atoms with van der Waals surface area (Å²) in [4.78, 5) is 19.8. The second kappa shape index (κ2) is 4.76. The Morgan fingerprint density at radius 1 is 1.30 bits per heavy atom. The number of carbonyl (C=O) groups excluding carboxylic acids is 1. The zero-order valence-electron chi connectivity index (χ0n) is 11.6. The molecule has 0 spiro atoms. The fraction of sp³-hybridized carbons (Fsp3) is 0.200. The van der Waals surface area contributed by atoms with Crippen LogP contribution in [0.2, 0.25) is 0 Å². The number of fused-ring (bicyclic) bond motifs is 1. The number of thiazole rings is 1. The predicted octanol–water partition coefficient (Wildman–Crippen LogP) is 3.80. The molecule has 2 aromatic heterocycles. The van der Waals surface area contributed by atoms with Crippen LogP contribution in [-0.2, 0) is 0 Å². The molecule has 0 atom stereocenters. The molecule has 1 aromatic carbocycles. The predicted molar refractivity (Wildman–Crippen MR) is 82.6 cm³/mol. The van der Waals surface area contributed by atoms with Gasteiger partial charge in [-0.3, -0.25) is 10.1 Å². The fourth-order valence-electron chi connectivity index (χ4n) is 2.18. The molecule has 0 unspecified atom stereocenters. The van der Waals surface area contributed by atoms with Gasteiger partial charge in [-0.1, -0.05) is 0 Å². The summed E-state index contributed by atoms with van der Waals surface area (Å²) in [6.07, 6.45) is 0. The molecule has 0 aliphatic carbocycles. The summed E-state index contributed by atoms with van der Waals surface area (Å²) in [5, 5.41) is 6.47. The quantitative estimate of drug-likeness (QED) is 0.752. The number of nitrogens with one attached hydrogen (secondary N) is 2. The van der Waals surface area contributed by atoms with Crippen molar-refractivity contribution >= 4 is 33.3 Å². The van der Waals surface area contributed by atoms with E-state index in [0.717, 1.165) is 22.3 Å². The molecule has 2 N–H and O–H groups in total. The van der Waals surface area contributed by atoms with Crippen molar-refractivity contribution in [3.05, 3.63) is 46.1 Å². The Labute approximate surface area is 120 Å². The van der Waals surface area contributed by atoms with E-state index in [2.05, 4.69) is 22.2 Å². The second-order valence-corrected chi connectivity index (χ2v) is 5.74. The van der Waals surface area contributed by atoms with E-state index >= 15 is 0 Å². The molecular formula is C15H15N3OS. The highest BCUT2D eigenvalue weighted by Gasteiger charge is 2.11. The number of anilines is 1. The minimum atomic E-state index is -0.125. The SMILES string of the molecule is Cc1csc(NC(=O)c2ccc3[nH]c(C)c(C)c3c2)n1. The van der Waals surface area contributed by atoms with E-state index < -0.39 is 0 Å². The van der Waals surface area contributed by atoms with Gasteiger partial charge in [-0.05, 0) is 44.5 Å². The van der Waals surface area contributed by atoms with Crippen molar-refractivity contribution in [2.45, 2.75) is 20.8 Å². The van der Waals surface area contributed by atoms with Crippen LogP contribution in [0, 0.1) is 20.8 Å². The van der Waals surface area contributed by atoms with E-state index in [1.807, 2.05) is 37.4 Å². The van der Waals surface area contributed by atoms with E-state index in [0.29, 0.717) is 10.7 Å². The number of aromatic nitrogens is 2. The number of nitrogens with zero attached hydrogens (tertiary/aromatic N) is 1. The van der Waals surface area contributed by atoms with E-state index in [-0.39, 0.29) is 5.91 Å². The number of H-pyrrole nitrogens is 1. The second-order valence-electron chi connectivity index (χ2n) is 4.88. The van der Waals surface area contributed by atoms with Crippen LogP contribution in [0.1, 0.15) is 27.3 Å². The van der Waals surface area contributed by atoms with Crippen molar-refractivity contribution in [2.75, 3.05) is 5.32 Å². The maximum Gasteiger partial charge on any atom is 0.257 e. The number of hydrogen-bond donors (Lipinski definition) is 2. The van der Waals surface area contributed by atoms with E-state index in [1.165, 1.54) is 16.9 Å². The molecule has 3 rings (SSSR count). The van der Waals surface area contributed by atoms with Crippen LogP contribution in [0.3, 0.4) is 0 Å². The Hall–Kier alpha value is -2.14. The van der Waals surface area contributed by atoms with Gasteiger partial charge in [0.1, 0.15) is 0 Å². The Morgan fingerprint density at radius 3 is 2.80 bits per heavy atom. The molecule has 3 aromatic rings. The summed E-state index contributed by atoms with van der Waals surface area (Å²) in [7, 11) is 0. The Kier molecular flexibility index (Phi) is 3.06. The van der Waals surface area contributed by atoms with Crippen LogP contribution >= 0.6 is 11.3 Å². The lowest BCUT2D eigenvalue weighted by molar-refractivity contribution is 0.102. The number of rotatable bonds is 2. The minimum absolute atomic E-state index is 0.125. The Bertz CT molecular complexity index is 801. The highest BCUT2D eigenvalue weighted by molar-refractivity contribution is 7.13. The van der Waals surface area contributed by atoms with Crippen LogP contribution < -0.4 is 5.32 Å². The van der Waals surface area contributed by atoms with Gasteiger partial charge in [0.05, 0.1) is 5.69 Å². The van der Waals surface area contributed by atoms with Gasteiger partial charge in [0.25, 0.3) is 5.91 Å². The Morgan fingerprint density at radius 2 is 2.10 bits per heavy atom. The van der Waals surface area contributed by atoms with Gasteiger partial charge < -0.3 is 4.98 Å². The summed E-state index contributed by atoms with van der Waals surface area (Å²) < 4.78 is 0. The summed E-state index contributed by atoms with van der Waals surface area (Å²) in [6, 6.07) is 5.69. The van der Waals surface area contributed by atoms with Crippen LogP contribution in [0.25, 0.3) is 10.9 Å². The lowest BCUT2D eigenvalue weighted by atomic mass is 10.1. The van der Waals surface area contributed by atoms with Crippen molar-refractivity contribution < 1.29 is 4.79 Å². The van der Waals surface area contributed by atoms with Crippen LogP contribution in [-0.4, -0.2) is 15.9 Å². The largest absolute Gasteiger partial charge is 0.358 e. The van der Waals surface area contributed by atoms with Gasteiger partial charge in [0.2, 0.25) is 0 Å². The first-order valence-electron chi connectivity index (χ1n) is 6.37. The smallest absolute Gasteiger partial charge is 0.257 e. The molecule has 0 radical (unpaired) electrons. The average molecular weight is 285 g/mol. The minimum Gasteiger partial charge on any atom is -0.358 e. The molecule has 102 valence electrons. The summed E-state index contributed by atoms with van der Waals surface area (Å²) >= 11 is 1.43. The zero-order valence-corrected chi connectivity index (χ0v) is 12.4. The van der Waals surface area contributed by atoms with Crippen molar-refractivity contribution in [3.8, 4) is 0 Å². The molecule has 20 heavy (non-hydrogen) atoms. The number of carbonyl (C=O) groups is 1. The number of aromatic amines is 1. The van der Waals surface area contributed by atoms with Gasteiger partial charge >= 0.3 is 0 Å². The molecule has 0 aliphatic rings. The van der Waals surface area contributed by atoms with Gasteiger partial charge in [-0.15, -0.1) is 11.3 Å². The first-order chi connectivity index (χ1) is 9.54. The number of aryl methyl sites for hydroxylation is 3. The molecular weight excluding hydrogens is 270 g/mol. The van der Waals surface area contributed by atoms with Crippen LogP contribution in [0.15, 0.2) is 23.6 Å². The van der Waals surface area contributed by atoms with Gasteiger partial charge in [-0.25, -0.2) is 4.98 Å². The van der Waals surface area contributed by atoms with E-state index in [4.69, 9.17) is 0 Å². The van der Waals surface area contributed by atoms with Crippen molar-refractivity contribution in [1.29, 1.82) is 0 Å². The third-order valence-electron chi connectivity index (χ3n) is 3.41. The third-order valence-corrected chi connectivity index (χ3v) is 4.29. The maximum atomic E-state index is 12.2. The van der Waals surface area contributed by atoms with Crippen molar-refractivity contribution in [3.63, 3.8) is 0 Å². The highest BCUT2D eigenvalue weighted by atomic mass is 32.1. The summed E-state index contributed by atoms with van der Waals surface area (Å²) in [5.74, 6) is -0.125. The van der Waals surface area contributed by atoms with Gasteiger partial charge in [0, 0.05) is 27.5 Å². The lowest BCUT2D eigenvalue weighted by Crippen LogP contribution is -2.11. The molecule has 0 saturated heterocycles. The molecule has 0 bridgehead atoms. The van der Waals surface area contributed by atoms with Crippen LogP contribution in [0.5, 0.6) is 0 Å². The molecule has 0 saturated carbocycles. The topological polar surface area (TPSA) is 57.8 Å². The lowest BCUT2D eigenvalue weighted by Gasteiger charge is -2.02. The highest BCUT2D eigenvalue weighted by Crippen LogP contribution is 2.23. The molecule has 5 heteroatoms. The first kappa shape index (κ1) is 12.9. The normalized spacial score (nSPS) is 10.9. The first-order valence-corrected chi connectivity index (χ1v) is 7.25. The molecule has 0 fully saturated rings. The van der Waals surface area contributed by atoms with Crippen molar-refractivity contribution in [1.82, 2.24) is 9.97 Å². The van der Waals surface area contributed by atoms with E-state index in [9.17, 15) is 4.79 Å². The van der Waals surface area contributed by atoms with Gasteiger partial charge in [0.15, 0.2) is 5.13 Å². The zero-order chi connectivity index (χ0) is 14.3. The van der Waals surface area contributed by atoms with E-state index in [1.54, 1.807) is 0 Å². The average Bonchev–Trinajstić information content (AvgIpc) is 2.94. The molecule has 4 nitrogen and oxygen atoms in total. The van der Waals surface area contributed by atoms with Gasteiger partial charge in [-0.2, -0.15) is 0 Å². The number of benzene rings is 1. The van der Waals surface area contributed by atoms with Crippen molar-refractivity contribution in [2.24, 2.45) is 0 Å². The summed E-state index contributed by atoms with van der Waals surface area (Å²) in [6.45, 7) is 6.00.